The summed E-state index contributed by atoms with van der Waals surface area (Å²) in [5.41, 5.74) is 7.71. The van der Waals surface area contributed by atoms with Crippen molar-refractivity contribution >= 4 is 5.69 Å². The van der Waals surface area contributed by atoms with Crippen LogP contribution >= 0.6 is 0 Å². The van der Waals surface area contributed by atoms with Crippen LogP contribution in [-0.2, 0) is 0 Å². The molecule has 1 N–H and O–H groups in total. The van der Waals surface area contributed by atoms with E-state index in [2.05, 4.69) is 78.9 Å². The number of para-hydroxylation sites is 1. The first-order chi connectivity index (χ1) is 9.31. The van der Waals surface area contributed by atoms with Crippen molar-refractivity contribution in [3.05, 3.63) is 65.7 Å². The molecule has 3 rings (SSSR count). The Balaban J connectivity index is 2.10. The van der Waals surface area contributed by atoms with E-state index in [1.165, 1.54) is 16.8 Å². The number of anilines is 1. The van der Waals surface area contributed by atoms with Gasteiger partial charge in [-0.1, -0.05) is 48.5 Å². The molecule has 19 heavy (non-hydrogen) atoms. The molecule has 0 saturated carbocycles. The van der Waals surface area contributed by atoms with Gasteiger partial charge in [-0.05, 0) is 31.0 Å². The van der Waals surface area contributed by atoms with Gasteiger partial charge in [-0.2, -0.15) is 0 Å². The van der Waals surface area contributed by atoms with Gasteiger partial charge in [0.15, 0.2) is 0 Å². The van der Waals surface area contributed by atoms with Crippen LogP contribution in [0.2, 0.25) is 0 Å². The van der Waals surface area contributed by atoms with E-state index in [0.29, 0.717) is 12.0 Å². The van der Waals surface area contributed by atoms with Crippen molar-refractivity contribution in [2.45, 2.75) is 25.8 Å². The summed E-state index contributed by atoms with van der Waals surface area (Å²) in [5.74, 6) is 0.417. The predicted octanol–water partition coefficient (Wildman–Crippen LogP) is 3.55. The number of benzene rings is 2. The summed E-state index contributed by atoms with van der Waals surface area (Å²) in [6, 6.07) is 19.9. The second kappa shape index (κ2) is 5.06. The lowest BCUT2D eigenvalue weighted by Gasteiger charge is -2.40. The minimum absolute atomic E-state index is 0.400. The van der Waals surface area contributed by atoms with Crippen molar-refractivity contribution in [3.63, 3.8) is 0 Å². The predicted molar refractivity (Wildman–Crippen MR) is 80.3 cm³/mol. The van der Waals surface area contributed by atoms with E-state index in [0.717, 1.165) is 6.54 Å². The molecule has 0 spiro atoms. The highest BCUT2D eigenvalue weighted by molar-refractivity contribution is 5.59. The summed E-state index contributed by atoms with van der Waals surface area (Å²) < 4.78 is 0. The molecule has 0 aliphatic carbocycles. The number of hydrogen-bond acceptors (Lipinski definition) is 2. The van der Waals surface area contributed by atoms with Gasteiger partial charge in [-0.15, -0.1) is 0 Å². The van der Waals surface area contributed by atoms with Crippen molar-refractivity contribution in [1.82, 2.24) is 5.43 Å². The molecule has 2 nitrogen and oxygen atoms in total. The molecule has 2 aromatic carbocycles. The Kier molecular flexibility index (Phi) is 3.26. The average Bonchev–Trinajstić information content (AvgIpc) is 2.47. The molecule has 0 aromatic heterocycles. The molecular formula is C17H20N2. The molecule has 0 bridgehead atoms. The zero-order valence-corrected chi connectivity index (χ0v) is 11.5. The first-order valence-corrected chi connectivity index (χ1v) is 6.99. The van der Waals surface area contributed by atoms with Crippen LogP contribution in [-0.4, -0.2) is 12.6 Å². The van der Waals surface area contributed by atoms with Gasteiger partial charge in [0.05, 0.1) is 5.69 Å². The third-order valence-electron chi connectivity index (χ3n) is 3.90. The molecule has 1 heterocycles. The molecule has 0 fully saturated rings. The highest BCUT2D eigenvalue weighted by atomic mass is 15.5. The summed E-state index contributed by atoms with van der Waals surface area (Å²) >= 11 is 0. The molecule has 2 heteroatoms. The highest BCUT2D eigenvalue weighted by Gasteiger charge is 2.30. The molecule has 1 aliphatic heterocycles. The number of nitrogens with one attached hydrogen (secondary N) is 1. The van der Waals surface area contributed by atoms with E-state index in [4.69, 9.17) is 0 Å². The second-order valence-corrected chi connectivity index (χ2v) is 5.11. The fourth-order valence-corrected chi connectivity index (χ4v) is 3.05. The van der Waals surface area contributed by atoms with Crippen molar-refractivity contribution in [1.29, 1.82) is 0 Å². The highest BCUT2D eigenvalue weighted by Crippen LogP contribution is 2.37. The standard InChI is InChI=1S/C17H20N2/c1-3-19-16-12-8-7-11-15(16)17(13(2)18-19)14-9-5-4-6-10-14/h4-13,17-18H,3H2,1-2H3. The SMILES string of the molecule is CCN1NC(C)C(c2ccccc2)c2ccccc21. The van der Waals surface area contributed by atoms with E-state index in [9.17, 15) is 0 Å². The van der Waals surface area contributed by atoms with Crippen LogP contribution in [0.3, 0.4) is 0 Å². The van der Waals surface area contributed by atoms with Gasteiger partial charge < -0.3 is 5.01 Å². The van der Waals surface area contributed by atoms with Crippen molar-refractivity contribution in [2.24, 2.45) is 0 Å². The summed E-state index contributed by atoms with van der Waals surface area (Å²) in [6.45, 7) is 5.42. The zero-order valence-electron chi connectivity index (χ0n) is 11.5. The molecule has 98 valence electrons. The van der Waals surface area contributed by atoms with Crippen LogP contribution in [0.4, 0.5) is 5.69 Å². The lowest BCUT2D eigenvalue weighted by molar-refractivity contribution is 0.455. The van der Waals surface area contributed by atoms with Crippen molar-refractivity contribution in [2.75, 3.05) is 11.6 Å². The van der Waals surface area contributed by atoms with Gasteiger partial charge in [0.1, 0.15) is 0 Å². The molecule has 0 radical (unpaired) electrons. The summed E-state index contributed by atoms with van der Waals surface area (Å²) in [7, 11) is 0. The van der Waals surface area contributed by atoms with Crippen molar-refractivity contribution in [3.8, 4) is 0 Å². The number of fused-ring (bicyclic) bond motifs is 1. The number of hydrogen-bond donors (Lipinski definition) is 1. The van der Waals surface area contributed by atoms with Crippen LogP contribution < -0.4 is 10.4 Å². The molecule has 1 aliphatic rings. The minimum atomic E-state index is 0.400. The number of rotatable bonds is 2. The van der Waals surface area contributed by atoms with Gasteiger partial charge in [-0.25, -0.2) is 5.43 Å². The van der Waals surface area contributed by atoms with Gasteiger partial charge in [0.25, 0.3) is 0 Å². The Bertz CT molecular complexity index is 550. The monoisotopic (exact) mass is 252 g/mol. The maximum Gasteiger partial charge on any atom is 0.0558 e. The van der Waals surface area contributed by atoms with E-state index in [-0.39, 0.29) is 0 Å². The van der Waals surface area contributed by atoms with E-state index in [1.54, 1.807) is 0 Å². The topological polar surface area (TPSA) is 15.3 Å². The van der Waals surface area contributed by atoms with Crippen molar-refractivity contribution < 1.29 is 0 Å². The van der Waals surface area contributed by atoms with Crippen LogP contribution in [0.5, 0.6) is 0 Å². The normalized spacial score (nSPS) is 22.1. The van der Waals surface area contributed by atoms with Crippen LogP contribution in [0.25, 0.3) is 0 Å². The smallest absolute Gasteiger partial charge is 0.0558 e. The van der Waals surface area contributed by atoms with Crippen LogP contribution in [0.15, 0.2) is 54.6 Å². The number of hydrazine groups is 1. The maximum atomic E-state index is 3.60. The minimum Gasteiger partial charge on any atom is -0.308 e. The van der Waals surface area contributed by atoms with Gasteiger partial charge in [-0.3, -0.25) is 0 Å². The summed E-state index contributed by atoms with van der Waals surface area (Å²) in [6.07, 6.45) is 0. The Labute approximate surface area is 115 Å². The summed E-state index contributed by atoms with van der Waals surface area (Å²) in [5, 5.41) is 2.25. The first kappa shape index (κ1) is 12.2. The Morgan fingerprint density at radius 3 is 2.42 bits per heavy atom. The molecule has 0 amide bonds. The first-order valence-electron chi connectivity index (χ1n) is 6.99. The zero-order chi connectivity index (χ0) is 13.2. The lowest BCUT2D eigenvalue weighted by Crippen LogP contribution is -2.50. The molecule has 2 unspecified atom stereocenters. The lowest BCUT2D eigenvalue weighted by atomic mass is 9.83. The summed E-state index contributed by atoms with van der Waals surface area (Å²) in [4.78, 5) is 0. The van der Waals surface area contributed by atoms with Crippen LogP contribution in [0, 0.1) is 0 Å². The largest absolute Gasteiger partial charge is 0.308 e. The van der Waals surface area contributed by atoms with Crippen LogP contribution in [0.1, 0.15) is 30.9 Å². The fraction of sp³-hybridized carbons (Fsp3) is 0.294. The quantitative estimate of drug-likeness (QED) is 0.879. The fourth-order valence-electron chi connectivity index (χ4n) is 3.05. The maximum absolute atomic E-state index is 3.60. The third kappa shape index (κ3) is 2.13. The third-order valence-corrected chi connectivity index (χ3v) is 3.90. The van der Waals surface area contributed by atoms with E-state index >= 15 is 0 Å². The average molecular weight is 252 g/mol. The Morgan fingerprint density at radius 1 is 1.00 bits per heavy atom. The van der Waals surface area contributed by atoms with Gasteiger partial charge in [0, 0.05) is 18.5 Å². The van der Waals surface area contributed by atoms with Gasteiger partial charge >= 0.3 is 0 Å². The van der Waals surface area contributed by atoms with E-state index in [1.807, 2.05) is 0 Å². The second-order valence-electron chi connectivity index (χ2n) is 5.11. The van der Waals surface area contributed by atoms with Gasteiger partial charge in [0.2, 0.25) is 0 Å². The molecule has 2 atom stereocenters. The van der Waals surface area contributed by atoms with E-state index < -0.39 is 0 Å². The molecular weight excluding hydrogens is 232 g/mol. The molecule has 0 saturated heterocycles. The Hall–Kier alpha value is -1.80. The number of nitrogens with zero attached hydrogens (tertiary/aromatic N) is 1. The molecule has 2 aromatic rings. The Morgan fingerprint density at radius 2 is 1.68 bits per heavy atom.